The highest BCUT2D eigenvalue weighted by Gasteiger charge is 2.21. The molecule has 2 heterocycles. The summed E-state index contributed by atoms with van der Waals surface area (Å²) in [6.45, 7) is 4.14. The smallest absolute Gasteiger partial charge is 0.258 e. The van der Waals surface area contributed by atoms with Gasteiger partial charge in [0, 0.05) is 49.7 Å². The average molecular weight is 559 g/mol. The highest BCUT2D eigenvalue weighted by atomic mass is 32.1. The molecule has 6 nitrogen and oxygen atoms in total. The van der Waals surface area contributed by atoms with Gasteiger partial charge >= 0.3 is 0 Å². The van der Waals surface area contributed by atoms with Gasteiger partial charge in [0.1, 0.15) is 11.6 Å². The predicted molar refractivity (Wildman–Crippen MR) is 157 cm³/mol. The fourth-order valence-corrected chi connectivity index (χ4v) is 5.64. The Balaban J connectivity index is 1.18. The summed E-state index contributed by atoms with van der Waals surface area (Å²) in [5.74, 6) is 0.300. The number of amides is 1. The van der Waals surface area contributed by atoms with Gasteiger partial charge in [-0.05, 0) is 60.8 Å². The zero-order chi connectivity index (χ0) is 27.7. The first kappa shape index (κ1) is 28.0. The second-order valence-corrected chi connectivity index (χ2v) is 11.1. The van der Waals surface area contributed by atoms with Crippen LogP contribution in [0.4, 0.5) is 4.39 Å². The third-order valence-electron chi connectivity index (χ3n) is 7.15. The number of thiazole rings is 1. The molecule has 1 saturated heterocycles. The van der Waals surface area contributed by atoms with Crippen LogP contribution in [0.15, 0.2) is 83.7 Å². The number of hydrogen-bond donors (Lipinski definition) is 1. The zero-order valence-electron chi connectivity index (χ0n) is 22.8. The third kappa shape index (κ3) is 7.97. The van der Waals surface area contributed by atoms with Crippen molar-refractivity contribution in [1.29, 1.82) is 0 Å². The van der Waals surface area contributed by atoms with E-state index in [9.17, 15) is 9.18 Å². The minimum absolute atomic E-state index is 0.0388. The van der Waals surface area contributed by atoms with Crippen molar-refractivity contribution in [3.8, 4) is 16.9 Å². The van der Waals surface area contributed by atoms with Crippen LogP contribution in [0.25, 0.3) is 11.1 Å². The highest BCUT2D eigenvalue weighted by Crippen LogP contribution is 2.28. The second kappa shape index (κ2) is 13.7. The first-order valence-electron chi connectivity index (χ1n) is 13.6. The van der Waals surface area contributed by atoms with Gasteiger partial charge in [0.2, 0.25) is 0 Å². The predicted octanol–water partition coefficient (Wildman–Crippen LogP) is 5.74. The summed E-state index contributed by atoms with van der Waals surface area (Å²) in [6.07, 6.45) is 1.86. The van der Waals surface area contributed by atoms with E-state index < -0.39 is 0 Å². The SMILES string of the molecule is CN(Cc1cscn1)Cc1cc(-c2ccc(F)cc2)ccc1OCC(=O)NC1CCN(Cc2ccccc2)CC1. The number of hydrogen-bond acceptors (Lipinski definition) is 6. The Morgan fingerprint density at radius 1 is 1.05 bits per heavy atom. The van der Waals surface area contributed by atoms with Crippen molar-refractivity contribution in [3.05, 3.63) is 106 Å². The first-order chi connectivity index (χ1) is 19.5. The van der Waals surface area contributed by atoms with Crippen LogP contribution in [0.5, 0.6) is 5.75 Å². The standard InChI is InChI=1S/C32H35FN4O2S/c1-36(20-30-22-40-23-34-30)19-27-17-26(25-7-10-28(33)11-8-25)9-12-31(27)39-21-32(38)35-29-13-15-37(16-14-29)18-24-5-3-2-4-6-24/h2-12,17,22-23,29H,13-16,18-21H2,1H3,(H,35,38). The molecule has 1 N–H and O–H groups in total. The number of nitrogens with zero attached hydrogens (tertiary/aromatic N) is 3. The molecule has 1 aromatic heterocycles. The van der Waals surface area contributed by atoms with Gasteiger partial charge in [0.05, 0.1) is 11.2 Å². The van der Waals surface area contributed by atoms with Crippen LogP contribution in [-0.2, 0) is 24.4 Å². The summed E-state index contributed by atoms with van der Waals surface area (Å²) in [4.78, 5) is 21.8. The van der Waals surface area contributed by atoms with Crippen LogP contribution in [0.1, 0.15) is 29.7 Å². The third-order valence-corrected chi connectivity index (χ3v) is 7.79. The molecule has 3 aromatic carbocycles. The van der Waals surface area contributed by atoms with Crippen molar-refractivity contribution < 1.29 is 13.9 Å². The van der Waals surface area contributed by atoms with E-state index in [0.717, 1.165) is 54.9 Å². The van der Waals surface area contributed by atoms with Gasteiger partial charge in [0.15, 0.2) is 6.61 Å². The van der Waals surface area contributed by atoms with Crippen LogP contribution in [-0.4, -0.2) is 53.5 Å². The maximum Gasteiger partial charge on any atom is 0.258 e. The van der Waals surface area contributed by atoms with Crippen molar-refractivity contribution in [2.75, 3.05) is 26.7 Å². The second-order valence-electron chi connectivity index (χ2n) is 10.4. The maximum absolute atomic E-state index is 13.5. The molecule has 1 aliphatic rings. The fraction of sp³-hybridized carbons (Fsp3) is 0.312. The molecule has 208 valence electrons. The minimum atomic E-state index is -0.264. The molecule has 0 aliphatic carbocycles. The largest absolute Gasteiger partial charge is 0.483 e. The molecule has 0 spiro atoms. The number of halogens is 1. The van der Waals surface area contributed by atoms with E-state index in [2.05, 4.69) is 50.4 Å². The molecule has 0 unspecified atom stereocenters. The van der Waals surface area contributed by atoms with Gasteiger partial charge in [-0.25, -0.2) is 9.37 Å². The zero-order valence-corrected chi connectivity index (χ0v) is 23.6. The molecular formula is C32H35FN4O2S. The van der Waals surface area contributed by atoms with E-state index >= 15 is 0 Å². The Bertz CT molecular complexity index is 1360. The van der Waals surface area contributed by atoms with E-state index in [1.807, 2.05) is 36.1 Å². The van der Waals surface area contributed by atoms with Crippen molar-refractivity contribution in [3.63, 3.8) is 0 Å². The van der Waals surface area contributed by atoms with Gasteiger partial charge in [0.25, 0.3) is 5.91 Å². The van der Waals surface area contributed by atoms with Crippen LogP contribution in [0.3, 0.4) is 0 Å². The summed E-state index contributed by atoms with van der Waals surface area (Å²) in [5.41, 5.74) is 7.01. The summed E-state index contributed by atoms with van der Waals surface area (Å²) in [6, 6.07) is 23.0. The molecule has 1 fully saturated rings. The normalized spacial score (nSPS) is 14.4. The van der Waals surface area contributed by atoms with Gasteiger partial charge in [-0.2, -0.15) is 0 Å². The average Bonchev–Trinajstić information content (AvgIpc) is 3.47. The molecule has 0 atom stereocenters. The van der Waals surface area contributed by atoms with Crippen LogP contribution >= 0.6 is 11.3 Å². The first-order valence-corrected chi connectivity index (χ1v) is 14.6. The number of piperidine rings is 1. The molecule has 40 heavy (non-hydrogen) atoms. The molecule has 0 radical (unpaired) electrons. The molecule has 0 saturated carbocycles. The van der Waals surface area contributed by atoms with E-state index in [1.165, 1.54) is 17.7 Å². The molecule has 4 aromatic rings. The number of likely N-dealkylation sites (tertiary alicyclic amines) is 1. The Hall–Kier alpha value is -3.59. The number of nitrogens with one attached hydrogen (secondary N) is 1. The summed E-state index contributed by atoms with van der Waals surface area (Å²) >= 11 is 1.58. The lowest BCUT2D eigenvalue weighted by Gasteiger charge is -2.32. The van der Waals surface area contributed by atoms with E-state index in [0.29, 0.717) is 18.8 Å². The monoisotopic (exact) mass is 558 g/mol. The van der Waals surface area contributed by atoms with E-state index in [1.54, 1.807) is 23.5 Å². The fourth-order valence-electron chi connectivity index (χ4n) is 5.09. The van der Waals surface area contributed by atoms with Crippen LogP contribution < -0.4 is 10.1 Å². The van der Waals surface area contributed by atoms with Gasteiger partial charge in [-0.1, -0.05) is 48.5 Å². The molecule has 5 rings (SSSR count). The Kier molecular flexibility index (Phi) is 9.54. The number of ether oxygens (including phenoxy) is 1. The van der Waals surface area contributed by atoms with E-state index in [4.69, 9.17) is 4.74 Å². The summed E-state index contributed by atoms with van der Waals surface area (Å²) in [7, 11) is 2.03. The Morgan fingerprint density at radius 2 is 1.80 bits per heavy atom. The number of carbonyl (C=O) groups is 1. The lowest BCUT2D eigenvalue weighted by molar-refractivity contribution is -0.124. The minimum Gasteiger partial charge on any atom is -0.483 e. The lowest BCUT2D eigenvalue weighted by atomic mass is 10.0. The van der Waals surface area contributed by atoms with Crippen molar-refractivity contribution in [2.24, 2.45) is 0 Å². The van der Waals surface area contributed by atoms with Crippen molar-refractivity contribution >= 4 is 17.2 Å². The molecule has 1 aliphatic heterocycles. The molecule has 0 bridgehead atoms. The lowest BCUT2D eigenvalue weighted by Crippen LogP contribution is -2.45. The summed E-state index contributed by atoms with van der Waals surface area (Å²) < 4.78 is 19.5. The number of rotatable bonds is 11. The summed E-state index contributed by atoms with van der Waals surface area (Å²) in [5, 5.41) is 5.20. The number of benzene rings is 3. The van der Waals surface area contributed by atoms with Crippen LogP contribution in [0, 0.1) is 5.82 Å². The number of carbonyl (C=O) groups excluding carboxylic acids is 1. The Labute approximate surface area is 239 Å². The molecular weight excluding hydrogens is 523 g/mol. The Morgan fingerprint density at radius 3 is 2.52 bits per heavy atom. The van der Waals surface area contributed by atoms with Crippen LogP contribution in [0.2, 0.25) is 0 Å². The van der Waals surface area contributed by atoms with Gasteiger partial charge in [-0.3, -0.25) is 14.6 Å². The van der Waals surface area contributed by atoms with Gasteiger partial charge in [-0.15, -0.1) is 11.3 Å². The van der Waals surface area contributed by atoms with Gasteiger partial charge < -0.3 is 10.1 Å². The maximum atomic E-state index is 13.5. The topological polar surface area (TPSA) is 57.7 Å². The molecule has 8 heteroatoms. The van der Waals surface area contributed by atoms with Crippen molar-refractivity contribution in [1.82, 2.24) is 20.1 Å². The number of aromatic nitrogens is 1. The van der Waals surface area contributed by atoms with E-state index in [-0.39, 0.29) is 24.4 Å². The highest BCUT2D eigenvalue weighted by molar-refractivity contribution is 7.07. The quantitative estimate of drug-likeness (QED) is 0.254. The van der Waals surface area contributed by atoms with Crippen molar-refractivity contribution in [2.45, 2.75) is 38.5 Å². The molecule has 1 amide bonds.